The van der Waals surface area contributed by atoms with Crippen LogP contribution in [0, 0.1) is 17.3 Å². The minimum absolute atomic E-state index is 0.0594. The Bertz CT molecular complexity index is 605. The fraction of sp³-hybridized carbons (Fsp3) is 0.750. The summed E-state index contributed by atoms with van der Waals surface area (Å²) in [7, 11) is 0. The zero-order valence-electron chi connectivity index (χ0n) is 14.1. The van der Waals surface area contributed by atoms with E-state index in [9.17, 15) is 15.6 Å². The van der Waals surface area contributed by atoms with E-state index in [2.05, 4.69) is 6.92 Å². The molecule has 2 fully saturated rings. The summed E-state index contributed by atoms with van der Waals surface area (Å²) in [6, 6.07) is 0. The lowest BCUT2D eigenvalue weighted by molar-refractivity contribution is -0.114. The molecule has 0 aromatic heterocycles. The summed E-state index contributed by atoms with van der Waals surface area (Å²) in [4.78, 5) is 11.7. The molecular weight excluding hydrogens is 286 g/mol. The largest absolute Gasteiger partial charge is 0.389 e. The highest BCUT2D eigenvalue weighted by molar-refractivity contribution is 5.93. The first-order chi connectivity index (χ1) is 11.0. The Morgan fingerprint density at radius 1 is 1.22 bits per heavy atom. The van der Waals surface area contributed by atoms with Gasteiger partial charge in [-0.25, -0.2) is 0 Å². The second-order valence-corrected chi connectivity index (χ2v) is 8.35. The van der Waals surface area contributed by atoms with E-state index in [0.717, 1.165) is 44.9 Å². The Morgan fingerprint density at radius 2 is 2.04 bits per heavy atom. The summed E-state index contributed by atoms with van der Waals surface area (Å²) >= 11 is 0. The Kier molecular flexibility index (Phi) is 3.58. The van der Waals surface area contributed by atoms with Crippen LogP contribution in [-0.2, 0) is 4.79 Å². The van der Waals surface area contributed by atoms with Crippen molar-refractivity contribution in [1.29, 1.82) is 0 Å². The Morgan fingerprint density at radius 3 is 2.83 bits per heavy atom. The Hall–Kier alpha value is -0.930. The molecule has 4 aliphatic carbocycles. The van der Waals surface area contributed by atoms with Crippen molar-refractivity contribution in [2.24, 2.45) is 17.3 Å². The van der Waals surface area contributed by atoms with E-state index in [1.165, 1.54) is 11.1 Å². The van der Waals surface area contributed by atoms with E-state index < -0.39 is 5.60 Å². The van der Waals surface area contributed by atoms with E-state index in [-0.39, 0.29) is 12.0 Å². The van der Waals surface area contributed by atoms with Crippen molar-refractivity contribution in [2.45, 2.75) is 70.3 Å². The summed E-state index contributed by atoms with van der Waals surface area (Å²) in [6.07, 6.45) is 10.2. The zero-order chi connectivity index (χ0) is 16.2. The molecule has 23 heavy (non-hydrogen) atoms. The summed E-state index contributed by atoms with van der Waals surface area (Å²) in [5, 5.41) is 11.2. The number of rotatable bonds is 2. The number of ketones is 1. The molecule has 0 amide bonds. The van der Waals surface area contributed by atoms with Gasteiger partial charge in [-0.3, -0.25) is 4.79 Å². The second-order valence-electron chi connectivity index (χ2n) is 8.35. The smallest absolute Gasteiger partial charge is 0.156 e. The summed E-state index contributed by atoms with van der Waals surface area (Å²) < 4.78 is 0. The monoisotopic (exact) mass is 313 g/mol. The predicted molar refractivity (Wildman–Crippen MR) is 88.7 cm³/mol. The highest BCUT2D eigenvalue weighted by atomic mass is 16.3. The number of carbonyl (C=O) groups excluding carboxylic acids is 1. The molecule has 2 unspecified atom stereocenters. The van der Waals surface area contributed by atoms with Crippen molar-refractivity contribution in [3.05, 3.63) is 22.8 Å². The van der Waals surface area contributed by atoms with E-state index in [4.69, 9.17) is 0 Å². The van der Waals surface area contributed by atoms with E-state index in [0.29, 0.717) is 30.5 Å². The first-order valence-corrected chi connectivity index (χ1v) is 9.27. The van der Waals surface area contributed by atoms with E-state index >= 15 is 0 Å². The summed E-state index contributed by atoms with van der Waals surface area (Å²) in [5.74, 6) is 1.41. The fourth-order valence-corrected chi connectivity index (χ4v) is 6.24. The van der Waals surface area contributed by atoms with Gasteiger partial charge in [0.2, 0.25) is 0 Å². The van der Waals surface area contributed by atoms with Crippen molar-refractivity contribution >= 4 is 5.78 Å². The van der Waals surface area contributed by atoms with E-state index in [1.807, 2.05) is 6.08 Å². The molecular formula is C20H27NO2. The van der Waals surface area contributed by atoms with Crippen molar-refractivity contribution in [1.82, 2.24) is 5.73 Å². The topological polar surface area (TPSA) is 59.6 Å². The first kappa shape index (κ1) is 15.6. The lowest BCUT2D eigenvalue weighted by Crippen LogP contribution is -2.50. The maximum atomic E-state index is 11.7. The van der Waals surface area contributed by atoms with Gasteiger partial charge in [-0.2, -0.15) is 0 Å². The van der Waals surface area contributed by atoms with Crippen LogP contribution in [0.1, 0.15) is 64.7 Å². The van der Waals surface area contributed by atoms with Gasteiger partial charge in [0.15, 0.2) is 5.78 Å². The number of fused-ring (bicyclic) bond motifs is 4. The van der Waals surface area contributed by atoms with Gasteiger partial charge in [-0.15, -0.1) is 5.73 Å². The van der Waals surface area contributed by atoms with Crippen molar-refractivity contribution < 1.29 is 9.90 Å². The molecule has 0 spiro atoms. The van der Waals surface area contributed by atoms with Crippen molar-refractivity contribution in [3.8, 4) is 0 Å². The number of carbonyl (C=O) groups is 1. The van der Waals surface area contributed by atoms with Gasteiger partial charge >= 0.3 is 0 Å². The van der Waals surface area contributed by atoms with Crippen LogP contribution >= 0.6 is 0 Å². The summed E-state index contributed by atoms with van der Waals surface area (Å²) in [6.45, 7) is 2.34. The maximum absolute atomic E-state index is 11.7. The lowest BCUT2D eigenvalue weighted by atomic mass is 9.54. The lowest BCUT2D eigenvalue weighted by Gasteiger charge is -2.52. The average molecular weight is 313 g/mol. The molecule has 0 saturated heterocycles. The number of allylic oxidation sites excluding steroid dienone is 4. The van der Waals surface area contributed by atoms with Gasteiger partial charge in [-0.05, 0) is 80.4 Å². The number of hydrogen-bond acceptors (Lipinski definition) is 2. The molecule has 0 bridgehead atoms. The van der Waals surface area contributed by atoms with Gasteiger partial charge < -0.3 is 5.11 Å². The van der Waals surface area contributed by atoms with Crippen LogP contribution in [0.2, 0.25) is 0 Å². The SMILES string of the molecule is C[C@]12CCC3=C4CCC(=O)C=C4CCC3C1CC[C@@]2(O)CC[N]. The average Bonchev–Trinajstić information content (AvgIpc) is 2.79. The molecule has 3 heteroatoms. The third kappa shape index (κ3) is 2.12. The molecule has 0 heterocycles. The molecule has 2 saturated carbocycles. The van der Waals surface area contributed by atoms with Gasteiger partial charge in [0, 0.05) is 18.4 Å². The molecule has 2 radical (unpaired) electrons. The fourth-order valence-electron chi connectivity index (χ4n) is 6.24. The second kappa shape index (κ2) is 5.29. The van der Waals surface area contributed by atoms with Gasteiger partial charge in [0.25, 0.3) is 0 Å². The molecule has 4 rings (SSSR count). The molecule has 0 aromatic rings. The highest BCUT2D eigenvalue weighted by Gasteiger charge is 2.60. The van der Waals surface area contributed by atoms with Crippen LogP contribution in [0.15, 0.2) is 22.8 Å². The van der Waals surface area contributed by atoms with Gasteiger partial charge in [-0.1, -0.05) is 12.5 Å². The molecule has 4 aliphatic rings. The molecule has 0 aliphatic heterocycles. The third-order valence-electron chi connectivity index (χ3n) is 7.58. The molecule has 1 N–H and O–H groups in total. The minimum Gasteiger partial charge on any atom is -0.389 e. The van der Waals surface area contributed by atoms with Crippen LogP contribution in [0.25, 0.3) is 0 Å². The molecule has 4 atom stereocenters. The zero-order valence-corrected chi connectivity index (χ0v) is 14.1. The van der Waals surface area contributed by atoms with Gasteiger partial charge in [0.05, 0.1) is 5.60 Å². The number of hydrogen-bond donors (Lipinski definition) is 1. The maximum Gasteiger partial charge on any atom is 0.156 e. The minimum atomic E-state index is -0.693. The first-order valence-electron chi connectivity index (χ1n) is 9.27. The van der Waals surface area contributed by atoms with Crippen LogP contribution in [0.3, 0.4) is 0 Å². The van der Waals surface area contributed by atoms with Crippen molar-refractivity contribution in [2.75, 3.05) is 6.54 Å². The molecule has 0 aromatic carbocycles. The summed E-state index contributed by atoms with van der Waals surface area (Å²) in [5.41, 5.74) is 13.0. The van der Waals surface area contributed by atoms with Crippen molar-refractivity contribution in [3.63, 3.8) is 0 Å². The molecule has 124 valence electrons. The quantitative estimate of drug-likeness (QED) is 0.849. The Labute approximate surface area is 139 Å². The van der Waals surface area contributed by atoms with Crippen LogP contribution in [0.5, 0.6) is 0 Å². The molecule has 3 nitrogen and oxygen atoms in total. The predicted octanol–water partition coefficient (Wildman–Crippen LogP) is 3.38. The highest BCUT2D eigenvalue weighted by Crippen LogP contribution is 2.64. The van der Waals surface area contributed by atoms with Crippen LogP contribution in [0.4, 0.5) is 0 Å². The third-order valence-corrected chi connectivity index (χ3v) is 7.58. The van der Waals surface area contributed by atoms with Crippen LogP contribution < -0.4 is 5.73 Å². The normalized spacial score (nSPS) is 42.9. The number of aliphatic hydroxyl groups is 1. The standard InChI is InChI=1S/C20H27NO2/c1-19-8-6-16-15-5-3-14(22)12-13(15)2-4-17(16)18(19)7-9-20(19,23)10-11-21/h12,17-18,23H,2-11H2,1H3/t17?,18?,19-,20+/m0/s1. The van der Waals surface area contributed by atoms with Crippen LogP contribution in [-0.4, -0.2) is 23.0 Å². The Balaban J connectivity index is 1.70. The van der Waals surface area contributed by atoms with Gasteiger partial charge in [0.1, 0.15) is 0 Å². The van der Waals surface area contributed by atoms with E-state index in [1.54, 1.807) is 5.57 Å². The number of nitrogens with zero attached hydrogens (tertiary/aromatic N) is 1.